The summed E-state index contributed by atoms with van der Waals surface area (Å²) in [6, 6.07) is 4.64. The molecular weight excluding hydrogens is 290 g/mol. The van der Waals surface area contributed by atoms with E-state index in [1.165, 1.54) is 19.3 Å². The van der Waals surface area contributed by atoms with Crippen LogP contribution in [0.5, 0.6) is 0 Å². The first-order valence-electron chi connectivity index (χ1n) is 6.77. The Morgan fingerprint density at radius 1 is 1.28 bits per heavy atom. The first kappa shape index (κ1) is 12.4. The van der Waals surface area contributed by atoms with Crippen molar-refractivity contribution in [2.24, 2.45) is 17.6 Å². The van der Waals surface area contributed by atoms with Crippen molar-refractivity contribution in [3.8, 4) is 0 Å². The van der Waals surface area contributed by atoms with Gasteiger partial charge in [0.15, 0.2) is 0 Å². The van der Waals surface area contributed by atoms with Crippen molar-refractivity contribution in [3.05, 3.63) is 22.3 Å². The lowest BCUT2D eigenvalue weighted by atomic mass is 9.79. The van der Waals surface area contributed by atoms with Crippen LogP contribution in [0.2, 0.25) is 0 Å². The van der Waals surface area contributed by atoms with Gasteiger partial charge in [0.25, 0.3) is 0 Å². The van der Waals surface area contributed by atoms with Crippen molar-refractivity contribution in [2.75, 3.05) is 18.0 Å². The molecule has 2 N–H and O–H groups in total. The SMILES string of the molecule is Cc1nc(N2C[C@H]3CCC(N)C[C@H]3C2)ccc1Br. The van der Waals surface area contributed by atoms with Crippen LogP contribution in [-0.4, -0.2) is 24.1 Å². The molecular formula is C14H20BrN3. The maximum atomic E-state index is 6.08. The number of anilines is 1. The quantitative estimate of drug-likeness (QED) is 0.867. The molecule has 1 aromatic rings. The number of fused-ring (bicyclic) bond motifs is 1. The van der Waals surface area contributed by atoms with Crippen molar-refractivity contribution in [1.82, 2.24) is 4.98 Å². The minimum Gasteiger partial charge on any atom is -0.356 e. The van der Waals surface area contributed by atoms with E-state index in [2.05, 4.69) is 37.9 Å². The Hall–Kier alpha value is -0.610. The molecule has 0 bridgehead atoms. The highest BCUT2D eigenvalue weighted by Crippen LogP contribution is 2.37. The molecule has 98 valence electrons. The summed E-state index contributed by atoms with van der Waals surface area (Å²) < 4.78 is 1.09. The van der Waals surface area contributed by atoms with Crippen LogP contribution in [0.25, 0.3) is 0 Å². The van der Waals surface area contributed by atoms with Gasteiger partial charge in [0.1, 0.15) is 5.82 Å². The van der Waals surface area contributed by atoms with Gasteiger partial charge in [-0.2, -0.15) is 0 Å². The molecule has 3 rings (SSSR count). The summed E-state index contributed by atoms with van der Waals surface area (Å²) in [5, 5.41) is 0. The van der Waals surface area contributed by atoms with E-state index in [1.54, 1.807) is 0 Å². The third kappa shape index (κ3) is 2.28. The minimum absolute atomic E-state index is 0.422. The van der Waals surface area contributed by atoms with E-state index < -0.39 is 0 Å². The van der Waals surface area contributed by atoms with Crippen LogP contribution in [0, 0.1) is 18.8 Å². The van der Waals surface area contributed by atoms with Crippen molar-refractivity contribution in [1.29, 1.82) is 0 Å². The Labute approximate surface area is 117 Å². The lowest BCUT2D eigenvalue weighted by molar-refractivity contribution is 0.271. The summed E-state index contributed by atoms with van der Waals surface area (Å²) in [7, 11) is 0. The maximum Gasteiger partial charge on any atom is 0.128 e. The molecule has 1 saturated carbocycles. The van der Waals surface area contributed by atoms with Crippen LogP contribution >= 0.6 is 15.9 Å². The normalized spacial score (nSPS) is 31.5. The van der Waals surface area contributed by atoms with Gasteiger partial charge in [0.05, 0.1) is 5.69 Å². The van der Waals surface area contributed by atoms with E-state index in [4.69, 9.17) is 5.73 Å². The number of nitrogens with zero attached hydrogens (tertiary/aromatic N) is 2. The summed E-state index contributed by atoms with van der Waals surface area (Å²) in [4.78, 5) is 7.12. The monoisotopic (exact) mass is 309 g/mol. The summed E-state index contributed by atoms with van der Waals surface area (Å²) in [5.74, 6) is 2.73. The predicted octanol–water partition coefficient (Wildman–Crippen LogP) is 2.72. The maximum absolute atomic E-state index is 6.08. The van der Waals surface area contributed by atoms with Gasteiger partial charge in [-0.3, -0.25) is 0 Å². The molecule has 4 heteroatoms. The molecule has 18 heavy (non-hydrogen) atoms. The fraction of sp³-hybridized carbons (Fsp3) is 0.643. The molecule has 1 aromatic heterocycles. The number of aromatic nitrogens is 1. The molecule has 0 amide bonds. The zero-order valence-corrected chi connectivity index (χ0v) is 12.4. The molecule has 0 aromatic carbocycles. The second-order valence-electron chi connectivity index (χ2n) is 5.73. The Morgan fingerprint density at radius 3 is 2.83 bits per heavy atom. The van der Waals surface area contributed by atoms with E-state index in [1.807, 2.05) is 6.92 Å². The number of pyridine rings is 1. The van der Waals surface area contributed by atoms with Crippen molar-refractivity contribution >= 4 is 21.7 Å². The van der Waals surface area contributed by atoms with Crippen LogP contribution < -0.4 is 10.6 Å². The summed E-state index contributed by atoms with van der Waals surface area (Å²) in [6.07, 6.45) is 3.68. The lowest BCUT2D eigenvalue weighted by Crippen LogP contribution is -2.32. The van der Waals surface area contributed by atoms with Crippen molar-refractivity contribution in [3.63, 3.8) is 0 Å². The number of rotatable bonds is 1. The largest absolute Gasteiger partial charge is 0.356 e. The van der Waals surface area contributed by atoms with Gasteiger partial charge in [-0.1, -0.05) is 0 Å². The Bertz CT molecular complexity index is 449. The summed E-state index contributed by atoms with van der Waals surface area (Å²) in [5.41, 5.74) is 7.15. The van der Waals surface area contributed by atoms with Crippen LogP contribution in [0.3, 0.4) is 0 Å². The average molecular weight is 310 g/mol. The summed E-state index contributed by atoms with van der Waals surface area (Å²) in [6.45, 7) is 4.34. The van der Waals surface area contributed by atoms with E-state index in [9.17, 15) is 0 Å². The van der Waals surface area contributed by atoms with Gasteiger partial charge in [-0.05, 0) is 66.1 Å². The van der Waals surface area contributed by atoms with Gasteiger partial charge in [-0.25, -0.2) is 4.98 Å². The molecule has 3 atom stereocenters. The fourth-order valence-corrected chi connectivity index (χ4v) is 3.58. The third-order valence-corrected chi connectivity index (χ3v) is 5.26. The highest BCUT2D eigenvalue weighted by atomic mass is 79.9. The Morgan fingerprint density at radius 2 is 2.06 bits per heavy atom. The third-order valence-electron chi connectivity index (χ3n) is 4.42. The number of hydrogen-bond acceptors (Lipinski definition) is 3. The standard InChI is InChI=1S/C14H20BrN3/c1-9-13(15)4-5-14(17-9)18-7-10-2-3-12(16)6-11(10)8-18/h4-5,10-12H,2-3,6-8,16H2,1H3/t10-,11+,12?/m1/s1. The zero-order chi connectivity index (χ0) is 12.7. The van der Waals surface area contributed by atoms with Gasteiger partial charge < -0.3 is 10.6 Å². The van der Waals surface area contributed by atoms with Crippen LogP contribution in [0.1, 0.15) is 25.0 Å². The van der Waals surface area contributed by atoms with Gasteiger partial charge in [0, 0.05) is 23.6 Å². The number of hydrogen-bond donors (Lipinski definition) is 1. The second-order valence-corrected chi connectivity index (χ2v) is 6.59. The molecule has 1 saturated heterocycles. The average Bonchev–Trinajstić information content (AvgIpc) is 2.75. The second kappa shape index (κ2) is 4.82. The first-order chi connectivity index (χ1) is 8.63. The molecule has 2 fully saturated rings. The van der Waals surface area contributed by atoms with Crippen molar-refractivity contribution in [2.45, 2.75) is 32.2 Å². The highest BCUT2D eigenvalue weighted by molar-refractivity contribution is 9.10. The Balaban J connectivity index is 1.76. The van der Waals surface area contributed by atoms with Gasteiger partial charge in [0.2, 0.25) is 0 Å². The molecule has 1 aliphatic carbocycles. The number of aryl methyl sites for hydroxylation is 1. The molecule has 0 spiro atoms. The molecule has 2 heterocycles. The Kier molecular flexibility index (Phi) is 3.32. The molecule has 2 aliphatic rings. The molecule has 0 radical (unpaired) electrons. The first-order valence-corrected chi connectivity index (χ1v) is 7.56. The van der Waals surface area contributed by atoms with E-state index >= 15 is 0 Å². The van der Waals surface area contributed by atoms with Crippen molar-refractivity contribution < 1.29 is 0 Å². The number of halogens is 1. The molecule has 1 aliphatic heterocycles. The van der Waals surface area contributed by atoms with E-state index in [0.29, 0.717) is 6.04 Å². The highest BCUT2D eigenvalue weighted by Gasteiger charge is 2.37. The zero-order valence-electron chi connectivity index (χ0n) is 10.8. The molecule has 3 nitrogen and oxygen atoms in total. The topological polar surface area (TPSA) is 42.2 Å². The minimum atomic E-state index is 0.422. The smallest absolute Gasteiger partial charge is 0.128 e. The van der Waals surface area contributed by atoms with Gasteiger partial charge >= 0.3 is 0 Å². The fourth-order valence-electron chi connectivity index (χ4n) is 3.36. The lowest BCUT2D eigenvalue weighted by Gasteiger charge is -2.27. The van der Waals surface area contributed by atoms with E-state index in [0.717, 1.165) is 40.9 Å². The predicted molar refractivity (Wildman–Crippen MR) is 77.7 cm³/mol. The molecule has 1 unspecified atom stereocenters. The van der Waals surface area contributed by atoms with E-state index in [-0.39, 0.29) is 0 Å². The summed E-state index contributed by atoms with van der Waals surface area (Å²) >= 11 is 3.51. The van der Waals surface area contributed by atoms with Crippen LogP contribution in [-0.2, 0) is 0 Å². The van der Waals surface area contributed by atoms with Crippen LogP contribution in [0.15, 0.2) is 16.6 Å². The van der Waals surface area contributed by atoms with Crippen LogP contribution in [0.4, 0.5) is 5.82 Å². The number of nitrogens with two attached hydrogens (primary N) is 1. The van der Waals surface area contributed by atoms with Gasteiger partial charge in [-0.15, -0.1) is 0 Å².